The number of methoxy groups -OCH3 is 1. The van der Waals surface area contributed by atoms with Gasteiger partial charge in [0, 0.05) is 23.4 Å². The van der Waals surface area contributed by atoms with Gasteiger partial charge in [0.15, 0.2) is 0 Å². The number of hydrogen-bond donors (Lipinski definition) is 1. The van der Waals surface area contributed by atoms with Crippen LogP contribution in [0.3, 0.4) is 0 Å². The minimum atomic E-state index is -0.688. The second-order valence-electron chi connectivity index (χ2n) is 5.56. The molecule has 1 aliphatic rings. The van der Waals surface area contributed by atoms with E-state index < -0.39 is 12.0 Å². The summed E-state index contributed by atoms with van der Waals surface area (Å²) in [6, 6.07) is 10.9. The van der Waals surface area contributed by atoms with Crippen molar-refractivity contribution in [2.45, 2.75) is 25.3 Å². The summed E-state index contributed by atoms with van der Waals surface area (Å²) in [5.74, 6) is -0.461. The zero-order valence-electron chi connectivity index (χ0n) is 12.4. The highest BCUT2D eigenvalue weighted by atomic mass is 16.5. The van der Waals surface area contributed by atoms with E-state index in [9.17, 15) is 9.59 Å². The summed E-state index contributed by atoms with van der Waals surface area (Å²) in [7, 11) is 1.33. The number of para-hydroxylation sites is 1. The van der Waals surface area contributed by atoms with Crippen LogP contribution in [0.2, 0.25) is 0 Å². The number of carbonyl (C=O) groups is 2. The number of nitrogens with one attached hydrogen (secondary N) is 1. The lowest BCUT2D eigenvalue weighted by Gasteiger charge is -2.16. The van der Waals surface area contributed by atoms with Crippen molar-refractivity contribution in [3.05, 3.63) is 42.1 Å². The molecular weight excluding hydrogens is 280 g/mol. The van der Waals surface area contributed by atoms with Gasteiger partial charge in [0.2, 0.25) is 5.91 Å². The molecule has 1 aromatic heterocycles. The number of hydrogen-bond acceptors (Lipinski definition) is 4. The minimum Gasteiger partial charge on any atom is -0.467 e. The Morgan fingerprint density at radius 3 is 2.77 bits per heavy atom. The van der Waals surface area contributed by atoms with E-state index in [0.29, 0.717) is 6.42 Å². The predicted octanol–water partition coefficient (Wildman–Crippen LogP) is 1.85. The Hall–Kier alpha value is -2.43. The van der Waals surface area contributed by atoms with E-state index >= 15 is 0 Å². The molecule has 22 heavy (non-hydrogen) atoms. The predicted molar refractivity (Wildman–Crippen MR) is 82.1 cm³/mol. The van der Waals surface area contributed by atoms with E-state index in [1.807, 2.05) is 36.4 Å². The van der Waals surface area contributed by atoms with Gasteiger partial charge in [0.05, 0.1) is 12.6 Å². The monoisotopic (exact) mass is 298 g/mol. The summed E-state index contributed by atoms with van der Waals surface area (Å²) in [4.78, 5) is 28.3. The summed E-state index contributed by atoms with van der Waals surface area (Å²) in [6.07, 6.45) is 2.12. The Bertz CT molecular complexity index is 710. The fraction of sp³-hybridized carbons (Fsp3) is 0.353. The number of amides is 1. The van der Waals surface area contributed by atoms with Crippen molar-refractivity contribution in [2.24, 2.45) is 5.92 Å². The number of benzene rings is 1. The number of ether oxygens (including phenoxy) is 1. The average molecular weight is 298 g/mol. The molecule has 2 aromatic rings. The molecule has 5 heteroatoms. The molecule has 1 aliphatic carbocycles. The fourth-order valence-corrected chi connectivity index (χ4v) is 2.40. The number of rotatable bonds is 5. The van der Waals surface area contributed by atoms with E-state index in [-0.39, 0.29) is 11.8 Å². The number of nitrogens with zero attached hydrogens (tertiary/aromatic N) is 1. The van der Waals surface area contributed by atoms with Crippen molar-refractivity contribution in [3.8, 4) is 0 Å². The van der Waals surface area contributed by atoms with Crippen molar-refractivity contribution in [1.82, 2.24) is 10.3 Å². The highest BCUT2D eigenvalue weighted by molar-refractivity contribution is 5.87. The van der Waals surface area contributed by atoms with Crippen LogP contribution in [-0.2, 0) is 20.7 Å². The SMILES string of the molecule is COC(=O)[C@H](Cc1ccc2ccccc2n1)NC(=O)C1CC1. The van der Waals surface area contributed by atoms with Crippen LogP contribution in [0.25, 0.3) is 10.9 Å². The lowest BCUT2D eigenvalue weighted by molar-refractivity contribution is -0.145. The smallest absolute Gasteiger partial charge is 0.328 e. The van der Waals surface area contributed by atoms with E-state index in [2.05, 4.69) is 10.3 Å². The Morgan fingerprint density at radius 2 is 2.05 bits per heavy atom. The molecule has 1 aromatic carbocycles. The molecule has 0 saturated heterocycles. The maximum Gasteiger partial charge on any atom is 0.328 e. The van der Waals surface area contributed by atoms with E-state index in [1.165, 1.54) is 7.11 Å². The van der Waals surface area contributed by atoms with Crippen LogP contribution in [0.4, 0.5) is 0 Å². The number of pyridine rings is 1. The van der Waals surface area contributed by atoms with Gasteiger partial charge in [-0.1, -0.05) is 24.3 Å². The number of esters is 1. The number of carbonyl (C=O) groups excluding carboxylic acids is 2. The van der Waals surface area contributed by atoms with E-state index in [0.717, 1.165) is 29.4 Å². The van der Waals surface area contributed by atoms with E-state index in [4.69, 9.17) is 4.74 Å². The van der Waals surface area contributed by atoms with Gasteiger partial charge in [-0.3, -0.25) is 9.78 Å². The fourth-order valence-electron chi connectivity index (χ4n) is 2.40. The summed E-state index contributed by atoms with van der Waals surface area (Å²) in [5, 5.41) is 3.82. The zero-order valence-corrected chi connectivity index (χ0v) is 12.4. The van der Waals surface area contributed by atoms with Crippen LogP contribution < -0.4 is 5.32 Å². The first kappa shape index (κ1) is 14.5. The van der Waals surface area contributed by atoms with Gasteiger partial charge in [-0.25, -0.2) is 4.79 Å². The molecule has 0 radical (unpaired) electrons. The van der Waals surface area contributed by atoms with Crippen molar-refractivity contribution in [3.63, 3.8) is 0 Å². The summed E-state index contributed by atoms with van der Waals surface area (Å²) in [5.41, 5.74) is 1.63. The maximum absolute atomic E-state index is 11.9. The van der Waals surface area contributed by atoms with Crippen LogP contribution in [0, 0.1) is 5.92 Å². The third-order valence-corrected chi connectivity index (χ3v) is 3.82. The van der Waals surface area contributed by atoms with Gasteiger partial charge in [-0.05, 0) is 25.0 Å². The Labute approximate surface area is 128 Å². The Balaban J connectivity index is 1.77. The Kier molecular flexibility index (Phi) is 4.04. The first-order chi connectivity index (χ1) is 10.7. The third-order valence-electron chi connectivity index (χ3n) is 3.82. The largest absolute Gasteiger partial charge is 0.467 e. The first-order valence-corrected chi connectivity index (χ1v) is 7.40. The van der Waals surface area contributed by atoms with Gasteiger partial charge in [0.25, 0.3) is 0 Å². The van der Waals surface area contributed by atoms with Gasteiger partial charge in [-0.2, -0.15) is 0 Å². The number of aromatic nitrogens is 1. The third kappa shape index (κ3) is 3.24. The molecule has 0 unspecified atom stereocenters. The van der Waals surface area contributed by atoms with Crippen LogP contribution in [0.1, 0.15) is 18.5 Å². The normalized spacial score (nSPS) is 15.3. The molecule has 0 aliphatic heterocycles. The number of fused-ring (bicyclic) bond motifs is 1. The quantitative estimate of drug-likeness (QED) is 0.855. The highest BCUT2D eigenvalue weighted by Gasteiger charge is 2.33. The molecule has 3 rings (SSSR count). The van der Waals surface area contributed by atoms with Crippen LogP contribution in [0.15, 0.2) is 36.4 Å². The topological polar surface area (TPSA) is 68.3 Å². The van der Waals surface area contributed by atoms with Crippen molar-refractivity contribution >= 4 is 22.8 Å². The standard InChI is InChI=1S/C17H18N2O3/c1-22-17(21)15(19-16(20)12-6-7-12)10-13-9-8-11-4-2-3-5-14(11)18-13/h2-5,8-9,12,15H,6-7,10H2,1H3,(H,19,20)/t15-/m0/s1. The van der Waals surface area contributed by atoms with Crippen molar-refractivity contribution in [1.29, 1.82) is 0 Å². The molecule has 1 amide bonds. The minimum absolute atomic E-state index is 0.0525. The van der Waals surface area contributed by atoms with Gasteiger partial charge in [-0.15, -0.1) is 0 Å². The zero-order chi connectivity index (χ0) is 15.5. The molecule has 1 fully saturated rings. The van der Waals surface area contributed by atoms with Gasteiger partial charge < -0.3 is 10.1 Å². The Morgan fingerprint density at radius 1 is 1.27 bits per heavy atom. The molecule has 1 atom stereocenters. The highest BCUT2D eigenvalue weighted by Crippen LogP contribution is 2.29. The molecule has 5 nitrogen and oxygen atoms in total. The molecule has 114 valence electrons. The molecule has 0 bridgehead atoms. The second-order valence-corrected chi connectivity index (χ2v) is 5.56. The van der Waals surface area contributed by atoms with Crippen molar-refractivity contribution < 1.29 is 14.3 Å². The van der Waals surface area contributed by atoms with Crippen LogP contribution in [0.5, 0.6) is 0 Å². The van der Waals surface area contributed by atoms with Gasteiger partial charge >= 0.3 is 5.97 Å². The average Bonchev–Trinajstić information content (AvgIpc) is 3.38. The maximum atomic E-state index is 11.9. The molecule has 0 spiro atoms. The van der Waals surface area contributed by atoms with Crippen LogP contribution in [-0.4, -0.2) is 30.0 Å². The lowest BCUT2D eigenvalue weighted by Crippen LogP contribution is -2.43. The van der Waals surface area contributed by atoms with Crippen molar-refractivity contribution in [2.75, 3.05) is 7.11 Å². The van der Waals surface area contributed by atoms with E-state index in [1.54, 1.807) is 0 Å². The van der Waals surface area contributed by atoms with Gasteiger partial charge in [0.1, 0.15) is 6.04 Å². The molecule has 1 heterocycles. The lowest BCUT2D eigenvalue weighted by atomic mass is 10.1. The molecular formula is C17H18N2O3. The summed E-state index contributed by atoms with van der Waals surface area (Å²) >= 11 is 0. The summed E-state index contributed by atoms with van der Waals surface area (Å²) < 4.78 is 4.79. The summed E-state index contributed by atoms with van der Waals surface area (Å²) in [6.45, 7) is 0. The van der Waals surface area contributed by atoms with Crippen LogP contribution >= 0.6 is 0 Å². The molecule has 1 N–H and O–H groups in total. The molecule has 1 saturated carbocycles. The first-order valence-electron chi connectivity index (χ1n) is 7.40. The second kappa shape index (κ2) is 6.13.